The summed E-state index contributed by atoms with van der Waals surface area (Å²) in [6.45, 7) is 2.79. The van der Waals surface area contributed by atoms with Crippen molar-refractivity contribution in [3.05, 3.63) is 52.8 Å². The minimum atomic E-state index is -0.244. The molecule has 3 rings (SSSR count). The van der Waals surface area contributed by atoms with Crippen LogP contribution < -0.4 is 10.6 Å². The minimum absolute atomic E-state index is 0.0501. The SMILES string of the molecule is CNCc1cccc(NC(=O)c2c[nH]c3c2C(=O)CC(C)C3)c1. The van der Waals surface area contributed by atoms with E-state index in [0.717, 1.165) is 29.9 Å². The highest BCUT2D eigenvalue weighted by Crippen LogP contribution is 2.28. The molecule has 0 saturated heterocycles. The Bertz CT molecular complexity index is 748. The van der Waals surface area contributed by atoms with Gasteiger partial charge in [-0.25, -0.2) is 0 Å². The number of hydrogen-bond acceptors (Lipinski definition) is 3. The van der Waals surface area contributed by atoms with E-state index in [2.05, 4.69) is 22.5 Å². The summed E-state index contributed by atoms with van der Waals surface area (Å²) in [5, 5.41) is 5.97. The standard InChI is InChI=1S/C18H21N3O2/c1-11-6-15-17(16(22)7-11)14(10-20-15)18(23)21-13-5-3-4-12(8-13)9-19-2/h3-5,8,10-11,19-20H,6-7,9H2,1-2H3,(H,21,23). The van der Waals surface area contributed by atoms with E-state index in [1.807, 2.05) is 31.3 Å². The molecule has 1 amide bonds. The molecule has 1 atom stereocenters. The summed E-state index contributed by atoms with van der Waals surface area (Å²) in [7, 11) is 1.88. The van der Waals surface area contributed by atoms with Crippen LogP contribution in [0.2, 0.25) is 0 Å². The number of benzene rings is 1. The summed E-state index contributed by atoms with van der Waals surface area (Å²) in [4.78, 5) is 27.9. The lowest BCUT2D eigenvalue weighted by Crippen LogP contribution is -2.21. The fraction of sp³-hybridized carbons (Fsp3) is 0.333. The third kappa shape index (κ3) is 3.19. The number of nitrogens with one attached hydrogen (secondary N) is 3. The lowest BCUT2D eigenvalue weighted by Gasteiger charge is -2.17. The van der Waals surface area contributed by atoms with Crippen LogP contribution in [-0.2, 0) is 13.0 Å². The second-order valence-electron chi connectivity index (χ2n) is 6.18. The number of anilines is 1. The highest BCUT2D eigenvalue weighted by Gasteiger charge is 2.29. The maximum atomic E-state index is 12.5. The van der Waals surface area contributed by atoms with Gasteiger partial charge in [-0.15, -0.1) is 0 Å². The molecule has 0 spiro atoms. The van der Waals surface area contributed by atoms with Crippen molar-refractivity contribution in [2.24, 2.45) is 5.92 Å². The third-order valence-corrected chi connectivity index (χ3v) is 4.14. The van der Waals surface area contributed by atoms with Crippen LogP contribution in [0, 0.1) is 5.92 Å². The van der Waals surface area contributed by atoms with Crippen molar-refractivity contribution in [1.82, 2.24) is 10.3 Å². The van der Waals surface area contributed by atoms with Crippen molar-refractivity contribution in [2.45, 2.75) is 26.3 Å². The van der Waals surface area contributed by atoms with Crippen LogP contribution in [-0.4, -0.2) is 23.7 Å². The van der Waals surface area contributed by atoms with Gasteiger partial charge in [-0.3, -0.25) is 9.59 Å². The number of aromatic nitrogens is 1. The van der Waals surface area contributed by atoms with Crippen molar-refractivity contribution >= 4 is 17.4 Å². The molecule has 1 aliphatic carbocycles. The van der Waals surface area contributed by atoms with Gasteiger partial charge in [0.05, 0.1) is 11.1 Å². The molecule has 1 unspecified atom stereocenters. The van der Waals surface area contributed by atoms with Gasteiger partial charge in [0.2, 0.25) is 0 Å². The number of carbonyl (C=O) groups is 2. The van der Waals surface area contributed by atoms with E-state index in [0.29, 0.717) is 23.5 Å². The lowest BCUT2D eigenvalue weighted by molar-refractivity contribution is 0.0940. The zero-order valence-corrected chi connectivity index (χ0v) is 13.4. The normalized spacial score (nSPS) is 17.0. The van der Waals surface area contributed by atoms with E-state index >= 15 is 0 Å². The molecule has 1 aliphatic rings. The molecule has 5 nitrogen and oxygen atoms in total. The van der Waals surface area contributed by atoms with Crippen LogP contribution in [0.25, 0.3) is 0 Å². The Kier molecular flexibility index (Phi) is 4.30. The largest absolute Gasteiger partial charge is 0.364 e. The van der Waals surface area contributed by atoms with Crippen molar-refractivity contribution < 1.29 is 9.59 Å². The lowest BCUT2D eigenvalue weighted by atomic mass is 9.86. The molecule has 2 aromatic rings. The fourth-order valence-electron chi connectivity index (χ4n) is 3.13. The first-order valence-corrected chi connectivity index (χ1v) is 7.87. The van der Waals surface area contributed by atoms with Crippen molar-refractivity contribution in [1.29, 1.82) is 0 Å². The summed E-state index contributed by atoms with van der Waals surface area (Å²) in [6.07, 6.45) is 2.96. The molecule has 0 aliphatic heterocycles. The molecule has 5 heteroatoms. The van der Waals surface area contributed by atoms with Crippen molar-refractivity contribution in [3.8, 4) is 0 Å². The maximum absolute atomic E-state index is 12.5. The molecule has 1 aromatic carbocycles. The smallest absolute Gasteiger partial charge is 0.257 e. The number of aromatic amines is 1. The van der Waals surface area contributed by atoms with Crippen LogP contribution in [0.1, 0.15) is 45.3 Å². The molecular formula is C18H21N3O2. The number of hydrogen-bond donors (Lipinski definition) is 3. The minimum Gasteiger partial charge on any atom is -0.364 e. The van der Waals surface area contributed by atoms with Gasteiger partial charge in [0.25, 0.3) is 5.91 Å². The first kappa shape index (κ1) is 15.5. The van der Waals surface area contributed by atoms with Crippen molar-refractivity contribution in [2.75, 3.05) is 12.4 Å². The molecule has 1 heterocycles. The molecule has 23 heavy (non-hydrogen) atoms. The van der Waals surface area contributed by atoms with E-state index in [1.54, 1.807) is 6.20 Å². The Balaban J connectivity index is 1.82. The topological polar surface area (TPSA) is 74.0 Å². The predicted octanol–water partition coefficient (Wildman–Crippen LogP) is 2.75. The zero-order chi connectivity index (χ0) is 16.4. The van der Waals surface area contributed by atoms with Crippen LogP contribution >= 0.6 is 0 Å². The maximum Gasteiger partial charge on any atom is 0.257 e. The third-order valence-electron chi connectivity index (χ3n) is 4.14. The van der Waals surface area contributed by atoms with Crippen LogP contribution in [0.5, 0.6) is 0 Å². The van der Waals surface area contributed by atoms with Crippen molar-refractivity contribution in [3.63, 3.8) is 0 Å². The van der Waals surface area contributed by atoms with E-state index < -0.39 is 0 Å². The summed E-state index contributed by atoms with van der Waals surface area (Å²) < 4.78 is 0. The van der Waals surface area contributed by atoms with Gasteiger partial charge in [0.1, 0.15) is 0 Å². The number of amides is 1. The Morgan fingerprint density at radius 2 is 2.17 bits per heavy atom. The Morgan fingerprint density at radius 3 is 2.96 bits per heavy atom. The molecule has 3 N–H and O–H groups in total. The van der Waals surface area contributed by atoms with Gasteiger partial charge in [0.15, 0.2) is 5.78 Å². The molecule has 0 radical (unpaired) electrons. The monoisotopic (exact) mass is 311 g/mol. The zero-order valence-electron chi connectivity index (χ0n) is 13.4. The van der Waals surface area contributed by atoms with Gasteiger partial charge in [-0.1, -0.05) is 19.1 Å². The summed E-state index contributed by atoms with van der Waals surface area (Å²) in [6, 6.07) is 7.67. The summed E-state index contributed by atoms with van der Waals surface area (Å²) >= 11 is 0. The average Bonchev–Trinajstić information content (AvgIpc) is 2.92. The van der Waals surface area contributed by atoms with Crippen LogP contribution in [0.3, 0.4) is 0 Å². The van der Waals surface area contributed by atoms with Crippen LogP contribution in [0.4, 0.5) is 5.69 Å². The number of fused-ring (bicyclic) bond motifs is 1. The van der Waals surface area contributed by atoms with E-state index in [-0.39, 0.29) is 11.7 Å². The van der Waals surface area contributed by atoms with E-state index in [9.17, 15) is 9.59 Å². The molecular weight excluding hydrogens is 290 g/mol. The number of carbonyl (C=O) groups excluding carboxylic acids is 2. The number of Topliss-reactive ketones (excluding diaryl/α,β-unsaturated/α-hetero) is 1. The van der Waals surface area contributed by atoms with Crippen LogP contribution in [0.15, 0.2) is 30.5 Å². The van der Waals surface area contributed by atoms with E-state index in [4.69, 9.17) is 0 Å². The van der Waals surface area contributed by atoms with Gasteiger partial charge in [0, 0.05) is 30.5 Å². The molecule has 120 valence electrons. The Morgan fingerprint density at radius 1 is 1.35 bits per heavy atom. The summed E-state index contributed by atoms with van der Waals surface area (Å²) in [5.74, 6) is 0.129. The average molecular weight is 311 g/mol. The van der Waals surface area contributed by atoms with Gasteiger partial charge in [-0.05, 0) is 37.1 Å². The number of H-pyrrole nitrogens is 1. The van der Waals surface area contributed by atoms with E-state index in [1.165, 1.54) is 0 Å². The molecule has 0 bridgehead atoms. The Labute approximate surface area is 135 Å². The molecule has 0 saturated carbocycles. The highest BCUT2D eigenvalue weighted by molar-refractivity contribution is 6.13. The molecule has 0 fully saturated rings. The highest BCUT2D eigenvalue weighted by atomic mass is 16.2. The fourth-order valence-corrected chi connectivity index (χ4v) is 3.13. The van der Waals surface area contributed by atoms with Gasteiger partial charge in [-0.2, -0.15) is 0 Å². The second kappa shape index (κ2) is 6.38. The molecule has 1 aromatic heterocycles. The first-order valence-electron chi connectivity index (χ1n) is 7.87. The first-order chi connectivity index (χ1) is 11.1. The van der Waals surface area contributed by atoms with Gasteiger partial charge >= 0.3 is 0 Å². The number of ketones is 1. The number of rotatable bonds is 4. The second-order valence-corrected chi connectivity index (χ2v) is 6.18. The quantitative estimate of drug-likeness (QED) is 0.813. The predicted molar refractivity (Wildman–Crippen MR) is 89.8 cm³/mol. The summed E-state index contributed by atoms with van der Waals surface area (Å²) in [5.41, 5.74) is 3.70. The van der Waals surface area contributed by atoms with Gasteiger partial charge < -0.3 is 15.6 Å². The Hall–Kier alpha value is -2.40.